The second-order valence-corrected chi connectivity index (χ2v) is 6.95. The Kier molecular flexibility index (Phi) is 5.67. The van der Waals surface area contributed by atoms with Crippen molar-refractivity contribution < 1.29 is 17.6 Å². The van der Waals surface area contributed by atoms with E-state index >= 15 is 0 Å². The van der Waals surface area contributed by atoms with E-state index in [-0.39, 0.29) is 15.9 Å². The second kappa shape index (κ2) is 7.73. The van der Waals surface area contributed by atoms with Crippen molar-refractivity contribution in [3.05, 3.63) is 60.2 Å². The minimum absolute atomic E-state index is 0.0225. The molecule has 8 nitrogen and oxygen atoms in total. The molecule has 0 atom stereocenters. The summed E-state index contributed by atoms with van der Waals surface area (Å²) in [6.45, 7) is 0. The van der Waals surface area contributed by atoms with Crippen LogP contribution < -0.4 is 26.5 Å². The van der Waals surface area contributed by atoms with Gasteiger partial charge in [-0.3, -0.25) is 21.6 Å². The van der Waals surface area contributed by atoms with Crippen LogP contribution in [0.2, 0.25) is 0 Å². The molecular weight excluding hydrogens is 362 g/mol. The van der Waals surface area contributed by atoms with Crippen molar-refractivity contribution in [2.24, 2.45) is 11.5 Å². The Morgan fingerprint density at radius 3 is 2.16 bits per heavy atom. The van der Waals surface area contributed by atoms with Crippen LogP contribution in [0, 0.1) is 0 Å². The summed E-state index contributed by atoms with van der Waals surface area (Å²) in [5.74, 6) is -0.776. The zero-order chi connectivity index (χ0) is 18.4. The largest absolute Gasteiger partial charge is 0.353 e. The van der Waals surface area contributed by atoms with Crippen LogP contribution in [0.5, 0.6) is 0 Å². The zero-order valence-electron chi connectivity index (χ0n) is 12.9. The number of anilines is 1. The molecular formula is C15H16N5O3S2+. The summed E-state index contributed by atoms with van der Waals surface area (Å²) >= 11 is 5.07. The molecule has 0 heterocycles. The van der Waals surface area contributed by atoms with E-state index in [0.717, 1.165) is 0 Å². The Morgan fingerprint density at radius 1 is 1.00 bits per heavy atom. The molecule has 2 rings (SSSR count). The van der Waals surface area contributed by atoms with E-state index in [9.17, 15) is 13.2 Å². The summed E-state index contributed by atoms with van der Waals surface area (Å²) in [5, 5.41) is 5.41. The van der Waals surface area contributed by atoms with Gasteiger partial charge in [0.2, 0.25) is 0 Å². The quantitative estimate of drug-likeness (QED) is 0.257. The van der Waals surface area contributed by atoms with Crippen LogP contribution in [0.15, 0.2) is 59.5 Å². The number of sulfonamides is 1. The molecule has 10 heteroatoms. The molecule has 2 aromatic carbocycles. The average Bonchev–Trinajstić information content (AvgIpc) is 2.55. The maximum Gasteiger partial charge on any atom is 0.353 e. The third kappa shape index (κ3) is 5.26. The zero-order valence-corrected chi connectivity index (χ0v) is 14.5. The number of nitrogens with one attached hydrogen (secondary N) is 3. The highest BCUT2D eigenvalue weighted by atomic mass is 32.2. The number of rotatable bonds is 4. The highest BCUT2D eigenvalue weighted by Crippen LogP contribution is 2.12. The molecule has 0 aliphatic heterocycles. The molecule has 0 aliphatic rings. The molecule has 0 bridgehead atoms. The monoisotopic (exact) mass is 378 g/mol. The van der Waals surface area contributed by atoms with Crippen LogP contribution in [0.4, 0.5) is 5.69 Å². The SMILES string of the molecule is NC(N)=[NH+]S(=O)(=O)c1ccc(NC(=S)NC(=O)c2ccccc2)cc1. The minimum atomic E-state index is -3.83. The highest BCUT2D eigenvalue weighted by molar-refractivity contribution is 7.84. The standard InChI is InChI=1S/C15H15N5O3S2/c16-14(17)20-25(22,23)12-8-6-11(7-9-12)18-15(24)19-13(21)10-4-2-1-3-5-10/h1-9H,(H4,16,17,20)(H2,18,19,21,24)/p+1. The topological polar surface area (TPSA) is 141 Å². The van der Waals surface area contributed by atoms with Crippen LogP contribution in [0.25, 0.3) is 0 Å². The normalized spacial score (nSPS) is 10.6. The molecule has 130 valence electrons. The number of carbonyl (C=O) groups excluding carboxylic acids is 1. The number of nitrogens with two attached hydrogens (primary N) is 2. The van der Waals surface area contributed by atoms with Crippen molar-refractivity contribution >= 4 is 44.9 Å². The second-order valence-electron chi connectivity index (χ2n) is 4.86. The third-order valence-corrected chi connectivity index (χ3v) is 4.54. The predicted octanol–water partition coefficient (Wildman–Crippen LogP) is -1.14. The fourth-order valence-corrected chi connectivity index (χ4v) is 2.99. The Morgan fingerprint density at radius 2 is 1.60 bits per heavy atom. The number of hydrogen-bond donors (Lipinski definition) is 5. The lowest BCUT2D eigenvalue weighted by molar-refractivity contribution is -0.270. The van der Waals surface area contributed by atoms with Gasteiger partial charge < -0.3 is 5.32 Å². The lowest BCUT2D eigenvalue weighted by Crippen LogP contribution is -2.80. The van der Waals surface area contributed by atoms with Crippen LogP contribution in [0.1, 0.15) is 10.4 Å². The smallest absolute Gasteiger partial charge is 0.332 e. The van der Waals surface area contributed by atoms with E-state index in [1.165, 1.54) is 24.3 Å². The van der Waals surface area contributed by atoms with Gasteiger partial charge in [0.25, 0.3) is 5.91 Å². The third-order valence-electron chi connectivity index (χ3n) is 2.94. The minimum Gasteiger partial charge on any atom is -0.332 e. The molecule has 0 saturated carbocycles. The Hall–Kier alpha value is -2.98. The molecule has 0 aromatic heterocycles. The fraction of sp³-hybridized carbons (Fsp3) is 0. The van der Waals surface area contributed by atoms with Gasteiger partial charge >= 0.3 is 16.0 Å². The van der Waals surface area contributed by atoms with Crippen LogP contribution >= 0.6 is 12.2 Å². The van der Waals surface area contributed by atoms with Crippen molar-refractivity contribution in [3.63, 3.8) is 0 Å². The number of hydrogen-bond acceptors (Lipinski definition) is 4. The molecule has 0 unspecified atom stereocenters. The molecule has 0 fully saturated rings. The van der Waals surface area contributed by atoms with Gasteiger partial charge in [0.15, 0.2) is 5.11 Å². The Labute approximate surface area is 150 Å². The maximum absolute atomic E-state index is 12.0. The van der Waals surface area contributed by atoms with Gasteiger partial charge in [0.1, 0.15) is 4.90 Å². The van der Waals surface area contributed by atoms with Gasteiger partial charge in [-0.05, 0) is 48.6 Å². The first kappa shape index (κ1) is 18.4. The molecule has 0 aliphatic carbocycles. The first-order valence-electron chi connectivity index (χ1n) is 6.96. The molecule has 7 N–H and O–H groups in total. The van der Waals surface area contributed by atoms with E-state index in [4.69, 9.17) is 23.7 Å². The lowest BCUT2D eigenvalue weighted by atomic mass is 10.2. The average molecular weight is 378 g/mol. The molecule has 0 spiro atoms. The van der Waals surface area contributed by atoms with Crippen molar-refractivity contribution in [1.82, 2.24) is 5.32 Å². The van der Waals surface area contributed by atoms with E-state index in [2.05, 4.69) is 10.6 Å². The summed E-state index contributed by atoms with van der Waals surface area (Å²) in [5.41, 5.74) is 11.3. The summed E-state index contributed by atoms with van der Waals surface area (Å²) in [6, 6.07) is 14.3. The summed E-state index contributed by atoms with van der Waals surface area (Å²) < 4.78 is 25.7. The number of carbonyl (C=O) groups is 1. The summed E-state index contributed by atoms with van der Waals surface area (Å²) in [6.07, 6.45) is 0. The van der Waals surface area contributed by atoms with E-state index in [1.54, 1.807) is 30.3 Å². The Bertz CT molecular complexity index is 906. The van der Waals surface area contributed by atoms with Crippen molar-refractivity contribution in [3.8, 4) is 0 Å². The number of guanidine groups is 1. The molecule has 1 amide bonds. The van der Waals surface area contributed by atoms with Crippen molar-refractivity contribution in [2.75, 3.05) is 5.32 Å². The van der Waals surface area contributed by atoms with Gasteiger partial charge in [-0.2, -0.15) is 12.8 Å². The highest BCUT2D eigenvalue weighted by Gasteiger charge is 2.14. The predicted molar refractivity (Wildman–Crippen MR) is 98.1 cm³/mol. The molecule has 0 saturated heterocycles. The van der Waals surface area contributed by atoms with Crippen molar-refractivity contribution in [1.29, 1.82) is 0 Å². The molecule has 2 aromatic rings. The van der Waals surface area contributed by atoms with Gasteiger partial charge in [-0.15, -0.1) is 0 Å². The number of amides is 1. The summed E-state index contributed by atoms with van der Waals surface area (Å²) in [4.78, 5) is 12.0. The van der Waals surface area contributed by atoms with Gasteiger partial charge in [-0.25, -0.2) is 0 Å². The summed E-state index contributed by atoms with van der Waals surface area (Å²) in [7, 11) is -3.83. The maximum atomic E-state index is 12.0. The van der Waals surface area contributed by atoms with Crippen LogP contribution in [-0.2, 0) is 10.0 Å². The van der Waals surface area contributed by atoms with E-state index in [1.807, 2.05) is 4.40 Å². The molecule has 25 heavy (non-hydrogen) atoms. The van der Waals surface area contributed by atoms with Gasteiger partial charge in [0.05, 0.1) is 0 Å². The van der Waals surface area contributed by atoms with Crippen molar-refractivity contribution in [2.45, 2.75) is 4.90 Å². The van der Waals surface area contributed by atoms with Crippen LogP contribution in [0.3, 0.4) is 0 Å². The Balaban J connectivity index is 2.03. The fourth-order valence-electron chi connectivity index (χ4n) is 1.86. The first-order chi connectivity index (χ1) is 11.8. The lowest BCUT2D eigenvalue weighted by Gasteiger charge is -2.10. The number of thiocarbonyl (C=S) groups is 1. The molecule has 0 radical (unpaired) electrons. The van der Waals surface area contributed by atoms with Crippen LogP contribution in [-0.4, -0.2) is 25.4 Å². The van der Waals surface area contributed by atoms with Gasteiger partial charge in [-0.1, -0.05) is 18.2 Å². The van der Waals surface area contributed by atoms with Gasteiger partial charge in [0, 0.05) is 11.3 Å². The first-order valence-corrected chi connectivity index (χ1v) is 8.85. The van der Waals surface area contributed by atoms with E-state index < -0.39 is 16.0 Å². The van der Waals surface area contributed by atoms with E-state index in [0.29, 0.717) is 11.3 Å². The number of benzene rings is 2.